The number of ether oxygens (including phenoxy) is 2. The van der Waals surface area contributed by atoms with Gasteiger partial charge in [-0.25, -0.2) is 0 Å². The van der Waals surface area contributed by atoms with Crippen LogP contribution in [0.5, 0.6) is 17.2 Å². The molecule has 3 nitrogen and oxygen atoms in total. The van der Waals surface area contributed by atoms with Crippen LogP contribution in [0.25, 0.3) is 0 Å². The zero-order chi connectivity index (χ0) is 13.7. The van der Waals surface area contributed by atoms with Crippen molar-refractivity contribution in [3.8, 4) is 17.2 Å². The standard InChI is InChI=1S/C16H19NO2/c1-3-15(17)14-6-4-5-7-16(14)19-13-10-8-12(18-2)9-11-13/h4-11,15H,3,17H2,1-2H3/t15-/m0/s1. The van der Waals surface area contributed by atoms with Gasteiger partial charge in [-0.05, 0) is 36.8 Å². The first-order valence-corrected chi connectivity index (χ1v) is 6.41. The van der Waals surface area contributed by atoms with Crippen LogP contribution in [0, 0.1) is 0 Å². The quantitative estimate of drug-likeness (QED) is 0.883. The number of methoxy groups -OCH3 is 1. The van der Waals surface area contributed by atoms with Crippen LogP contribution in [-0.4, -0.2) is 7.11 Å². The molecule has 0 saturated carbocycles. The van der Waals surface area contributed by atoms with Gasteiger partial charge < -0.3 is 15.2 Å². The van der Waals surface area contributed by atoms with Crippen LogP contribution in [0.2, 0.25) is 0 Å². The summed E-state index contributed by atoms with van der Waals surface area (Å²) in [6.45, 7) is 2.06. The fourth-order valence-corrected chi connectivity index (χ4v) is 1.87. The third-order valence-electron chi connectivity index (χ3n) is 3.05. The minimum atomic E-state index is -0.00514. The van der Waals surface area contributed by atoms with Crippen molar-refractivity contribution in [2.45, 2.75) is 19.4 Å². The highest BCUT2D eigenvalue weighted by Crippen LogP contribution is 2.30. The van der Waals surface area contributed by atoms with Crippen molar-refractivity contribution < 1.29 is 9.47 Å². The third kappa shape index (κ3) is 3.26. The first-order chi connectivity index (χ1) is 9.24. The second kappa shape index (κ2) is 6.25. The normalized spacial score (nSPS) is 11.9. The van der Waals surface area contributed by atoms with E-state index in [9.17, 15) is 0 Å². The molecule has 0 aliphatic heterocycles. The summed E-state index contributed by atoms with van der Waals surface area (Å²) in [5, 5.41) is 0. The van der Waals surface area contributed by atoms with E-state index in [0.717, 1.165) is 29.2 Å². The molecule has 0 aliphatic carbocycles. The monoisotopic (exact) mass is 257 g/mol. The number of benzene rings is 2. The van der Waals surface area contributed by atoms with E-state index in [4.69, 9.17) is 15.2 Å². The molecule has 0 radical (unpaired) electrons. The molecule has 2 rings (SSSR count). The van der Waals surface area contributed by atoms with Crippen molar-refractivity contribution in [1.82, 2.24) is 0 Å². The number of nitrogens with two attached hydrogens (primary N) is 1. The molecule has 100 valence electrons. The predicted molar refractivity (Wildman–Crippen MR) is 76.7 cm³/mol. The fraction of sp³-hybridized carbons (Fsp3) is 0.250. The van der Waals surface area contributed by atoms with Crippen LogP contribution < -0.4 is 15.2 Å². The van der Waals surface area contributed by atoms with E-state index < -0.39 is 0 Å². The second-order valence-electron chi connectivity index (χ2n) is 4.33. The zero-order valence-electron chi connectivity index (χ0n) is 11.3. The van der Waals surface area contributed by atoms with Crippen LogP contribution in [0.15, 0.2) is 48.5 Å². The maximum absolute atomic E-state index is 6.09. The largest absolute Gasteiger partial charge is 0.497 e. The Morgan fingerprint density at radius 2 is 1.63 bits per heavy atom. The molecule has 0 aromatic heterocycles. The number of hydrogen-bond donors (Lipinski definition) is 1. The van der Waals surface area contributed by atoms with Crippen LogP contribution in [0.1, 0.15) is 24.9 Å². The topological polar surface area (TPSA) is 44.5 Å². The SMILES string of the molecule is CC[C@H](N)c1ccccc1Oc1ccc(OC)cc1. The lowest BCUT2D eigenvalue weighted by molar-refractivity contribution is 0.412. The molecule has 0 spiro atoms. The Hall–Kier alpha value is -2.00. The molecule has 0 aliphatic rings. The molecule has 0 fully saturated rings. The maximum Gasteiger partial charge on any atom is 0.132 e. The van der Waals surface area contributed by atoms with E-state index in [1.54, 1.807) is 7.11 Å². The van der Waals surface area contributed by atoms with Gasteiger partial charge in [-0.2, -0.15) is 0 Å². The molecule has 3 heteroatoms. The number of para-hydroxylation sites is 1. The first-order valence-electron chi connectivity index (χ1n) is 6.41. The summed E-state index contributed by atoms with van der Waals surface area (Å²) in [4.78, 5) is 0. The molecule has 0 unspecified atom stereocenters. The molecular formula is C16H19NO2. The molecule has 0 amide bonds. The van der Waals surface area contributed by atoms with Crippen molar-refractivity contribution in [2.75, 3.05) is 7.11 Å². The molecule has 0 saturated heterocycles. The van der Waals surface area contributed by atoms with Crippen LogP contribution >= 0.6 is 0 Å². The minimum Gasteiger partial charge on any atom is -0.497 e. The van der Waals surface area contributed by atoms with E-state index in [2.05, 4.69) is 6.92 Å². The van der Waals surface area contributed by atoms with E-state index in [-0.39, 0.29) is 6.04 Å². The lowest BCUT2D eigenvalue weighted by Crippen LogP contribution is -2.09. The molecule has 19 heavy (non-hydrogen) atoms. The van der Waals surface area contributed by atoms with Gasteiger partial charge in [0.05, 0.1) is 7.11 Å². The molecule has 0 heterocycles. The highest BCUT2D eigenvalue weighted by atomic mass is 16.5. The summed E-state index contributed by atoms with van der Waals surface area (Å²) in [7, 11) is 1.64. The Morgan fingerprint density at radius 3 is 2.26 bits per heavy atom. The Bertz CT molecular complexity index is 523. The highest BCUT2D eigenvalue weighted by molar-refractivity contribution is 5.40. The lowest BCUT2D eigenvalue weighted by atomic mass is 10.0. The summed E-state index contributed by atoms with van der Waals surface area (Å²) >= 11 is 0. The maximum atomic E-state index is 6.09. The first kappa shape index (κ1) is 13.4. The van der Waals surface area contributed by atoms with E-state index >= 15 is 0 Å². The van der Waals surface area contributed by atoms with Crippen molar-refractivity contribution >= 4 is 0 Å². The molecule has 2 aromatic carbocycles. The smallest absolute Gasteiger partial charge is 0.132 e. The molecule has 2 aromatic rings. The lowest BCUT2D eigenvalue weighted by Gasteiger charge is -2.15. The number of rotatable bonds is 5. The average Bonchev–Trinajstić information content (AvgIpc) is 2.48. The van der Waals surface area contributed by atoms with E-state index in [1.807, 2.05) is 48.5 Å². The van der Waals surface area contributed by atoms with Crippen molar-refractivity contribution in [2.24, 2.45) is 5.73 Å². The van der Waals surface area contributed by atoms with E-state index in [0.29, 0.717) is 0 Å². The zero-order valence-corrected chi connectivity index (χ0v) is 11.3. The molecule has 1 atom stereocenters. The highest BCUT2D eigenvalue weighted by Gasteiger charge is 2.10. The Balaban J connectivity index is 2.22. The predicted octanol–water partition coefficient (Wildman–Crippen LogP) is 3.90. The van der Waals surface area contributed by atoms with Gasteiger partial charge in [-0.15, -0.1) is 0 Å². The average molecular weight is 257 g/mol. The van der Waals surface area contributed by atoms with Gasteiger partial charge in [0, 0.05) is 11.6 Å². The third-order valence-corrected chi connectivity index (χ3v) is 3.05. The van der Waals surface area contributed by atoms with Gasteiger partial charge in [0.1, 0.15) is 17.2 Å². The van der Waals surface area contributed by atoms with Crippen LogP contribution in [0.4, 0.5) is 0 Å². The van der Waals surface area contributed by atoms with Crippen molar-refractivity contribution in [3.05, 3.63) is 54.1 Å². The van der Waals surface area contributed by atoms with Gasteiger partial charge in [0.2, 0.25) is 0 Å². The van der Waals surface area contributed by atoms with Crippen LogP contribution in [0.3, 0.4) is 0 Å². The van der Waals surface area contributed by atoms with Crippen molar-refractivity contribution in [3.63, 3.8) is 0 Å². The fourth-order valence-electron chi connectivity index (χ4n) is 1.87. The Labute approximate surface area is 114 Å². The van der Waals surface area contributed by atoms with Crippen molar-refractivity contribution in [1.29, 1.82) is 0 Å². The molecule has 0 bridgehead atoms. The summed E-state index contributed by atoms with van der Waals surface area (Å²) < 4.78 is 11.0. The summed E-state index contributed by atoms with van der Waals surface area (Å²) in [5.41, 5.74) is 7.12. The second-order valence-corrected chi connectivity index (χ2v) is 4.33. The van der Waals surface area contributed by atoms with E-state index in [1.165, 1.54) is 0 Å². The summed E-state index contributed by atoms with van der Waals surface area (Å²) in [6, 6.07) is 15.4. The molecule has 2 N–H and O–H groups in total. The van der Waals surface area contributed by atoms with Gasteiger partial charge in [-0.3, -0.25) is 0 Å². The number of hydrogen-bond acceptors (Lipinski definition) is 3. The Morgan fingerprint density at radius 1 is 1.00 bits per heavy atom. The summed E-state index contributed by atoms with van der Waals surface area (Å²) in [5.74, 6) is 2.39. The van der Waals surface area contributed by atoms with Gasteiger partial charge >= 0.3 is 0 Å². The minimum absolute atomic E-state index is 0.00514. The van der Waals surface area contributed by atoms with Crippen LogP contribution in [-0.2, 0) is 0 Å². The Kier molecular flexibility index (Phi) is 4.42. The van der Waals surface area contributed by atoms with Gasteiger partial charge in [0.25, 0.3) is 0 Å². The van der Waals surface area contributed by atoms with Gasteiger partial charge in [-0.1, -0.05) is 25.1 Å². The van der Waals surface area contributed by atoms with Gasteiger partial charge in [0.15, 0.2) is 0 Å². The molecular weight excluding hydrogens is 238 g/mol. The summed E-state index contributed by atoms with van der Waals surface area (Å²) in [6.07, 6.45) is 0.878.